The normalized spacial score (nSPS) is 12.8. The molecule has 0 amide bonds. The Kier molecular flexibility index (Phi) is 4.09. The Bertz CT molecular complexity index is 263. The van der Waals surface area contributed by atoms with Gasteiger partial charge in [0, 0.05) is 5.75 Å². The summed E-state index contributed by atoms with van der Waals surface area (Å²) in [6, 6.07) is 5.76. The SMILES string of the molecule is CCC(C)CSc1cccc(N)n1. The Morgan fingerprint density at radius 1 is 1.54 bits per heavy atom. The molecule has 0 aliphatic rings. The molecule has 0 aliphatic carbocycles. The lowest BCUT2D eigenvalue weighted by molar-refractivity contribution is 0.636. The predicted octanol–water partition coefficient (Wildman–Crippen LogP) is 2.80. The van der Waals surface area contributed by atoms with Crippen LogP contribution in [0.2, 0.25) is 0 Å². The number of hydrogen-bond acceptors (Lipinski definition) is 3. The van der Waals surface area contributed by atoms with Crippen LogP contribution in [0.3, 0.4) is 0 Å². The first-order chi connectivity index (χ1) is 6.22. The zero-order valence-electron chi connectivity index (χ0n) is 8.16. The number of nitrogen functional groups attached to an aromatic ring is 1. The predicted molar refractivity (Wildman–Crippen MR) is 58.8 cm³/mol. The van der Waals surface area contributed by atoms with Crippen LogP contribution in [-0.4, -0.2) is 10.7 Å². The molecule has 13 heavy (non-hydrogen) atoms. The van der Waals surface area contributed by atoms with Crippen LogP contribution in [0.1, 0.15) is 20.3 Å². The molecule has 0 bridgehead atoms. The number of hydrogen-bond donors (Lipinski definition) is 1. The highest BCUT2D eigenvalue weighted by Crippen LogP contribution is 2.20. The smallest absolute Gasteiger partial charge is 0.124 e. The van der Waals surface area contributed by atoms with Crippen molar-refractivity contribution >= 4 is 17.6 Å². The summed E-state index contributed by atoms with van der Waals surface area (Å²) in [6.07, 6.45) is 1.22. The lowest BCUT2D eigenvalue weighted by Gasteiger charge is -2.06. The summed E-state index contributed by atoms with van der Waals surface area (Å²) in [7, 11) is 0. The molecule has 0 aromatic carbocycles. The van der Waals surface area contributed by atoms with E-state index in [1.54, 1.807) is 11.8 Å². The van der Waals surface area contributed by atoms with Crippen LogP contribution < -0.4 is 5.73 Å². The van der Waals surface area contributed by atoms with Crippen molar-refractivity contribution in [2.75, 3.05) is 11.5 Å². The highest BCUT2D eigenvalue weighted by Gasteiger charge is 2.01. The Labute approximate surface area is 83.9 Å². The molecule has 1 rings (SSSR count). The second-order valence-corrected chi connectivity index (χ2v) is 4.27. The third-order valence-corrected chi connectivity index (χ3v) is 3.22. The van der Waals surface area contributed by atoms with Crippen molar-refractivity contribution < 1.29 is 0 Å². The van der Waals surface area contributed by atoms with E-state index in [-0.39, 0.29) is 0 Å². The summed E-state index contributed by atoms with van der Waals surface area (Å²) in [5, 5.41) is 1.03. The largest absolute Gasteiger partial charge is 0.384 e. The third-order valence-electron chi connectivity index (χ3n) is 1.96. The van der Waals surface area contributed by atoms with E-state index in [4.69, 9.17) is 5.73 Å². The van der Waals surface area contributed by atoms with E-state index >= 15 is 0 Å². The minimum atomic E-state index is 0.606. The number of anilines is 1. The molecule has 1 heterocycles. The maximum atomic E-state index is 5.57. The molecule has 0 saturated heterocycles. The van der Waals surface area contributed by atoms with Gasteiger partial charge in [-0.3, -0.25) is 0 Å². The van der Waals surface area contributed by atoms with Crippen molar-refractivity contribution in [2.24, 2.45) is 5.92 Å². The topological polar surface area (TPSA) is 38.9 Å². The molecule has 0 saturated carbocycles. The molecule has 0 fully saturated rings. The Morgan fingerprint density at radius 2 is 2.31 bits per heavy atom. The van der Waals surface area contributed by atoms with E-state index in [1.165, 1.54) is 6.42 Å². The average molecular weight is 196 g/mol. The quantitative estimate of drug-likeness (QED) is 0.753. The van der Waals surface area contributed by atoms with E-state index in [0.717, 1.165) is 16.7 Å². The monoisotopic (exact) mass is 196 g/mol. The molecule has 72 valence electrons. The van der Waals surface area contributed by atoms with Gasteiger partial charge < -0.3 is 5.73 Å². The summed E-state index contributed by atoms with van der Waals surface area (Å²) in [4.78, 5) is 4.22. The molecule has 0 radical (unpaired) electrons. The van der Waals surface area contributed by atoms with Crippen LogP contribution in [0.25, 0.3) is 0 Å². The van der Waals surface area contributed by atoms with Crippen LogP contribution >= 0.6 is 11.8 Å². The minimum Gasteiger partial charge on any atom is -0.384 e. The molecule has 1 unspecified atom stereocenters. The third kappa shape index (κ3) is 3.68. The fraction of sp³-hybridized carbons (Fsp3) is 0.500. The van der Waals surface area contributed by atoms with E-state index in [9.17, 15) is 0 Å². The molecule has 1 atom stereocenters. The molecule has 1 aromatic rings. The van der Waals surface area contributed by atoms with Crippen molar-refractivity contribution in [1.82, 2.24) is 4.98 Å². The maximum Gasteiger partial charge on any atom is 0.124 e. The van der Waals surface area contributed by atoms with Crippen LogP contribution in [0.15, 0.2) is 23.2 Å². The van der Waals surface area contributed by atoms with Gasteiger partial charge in [0.25, 0.3) is 0 Å². The van der Waals surface area contributed by atoms with E-state index in [0.29, 0.717) is 5.82 Å². The molecule has 1 aromatic heterocycles. The van der Waals surface area contributed by atoms with Gasteiger partial charge in [-0.05, 0) is 18.1 Å². The zero-order valence-corrected chi connectivity index (χ0v) is 8.97. The first-order valence-electron chi connectivity index (χ1n) is 4.57. The van der Waals surface area contributed by atoms with Gasteiger partial charge in [-0.2, -0.15) is 0 Å². The van der Waals surface area contributed by atoms with E-state index in [2.05, 4.69) is 18.8 Å². The molecule has 0 spiro atoms. The average Bonchev–Trinajstić information content (AvgIpc) is 2.14. The number of pyridine rings is 1. The number of aromatic nitrogens is 1. The fourth-order valence-electron chi connectivity index (χ4n) is 0.857. The minimum absolute atomic E-state index is 0.606. The van der Waals surface area contributed by atoms with Gasteiger partial charge in [-0.25, -0.2) is 4.98 Å². The molecule has 3 heteroatoms. The van der Waals surface area contributed by atoms with E-state index in [1.807, 2.05) is 18.2 Å². The number of nitrogens with zero attached hydrogens (tertiary/aromatic N) is 1. The molecule has 0 aliphatic heterocycles. The zero-order chi connectivity index (χ0) is 9.68. The van der Waals surface area contributed by atoms with Crippen LogP contribution in [-0.2, 0) is 0 Å². The van der Waals surface area contributed by atoms with Gasteiger partial charge in [-0.15, -0.1) is 11.8 Å². The molecular weight excluding hydrogens is 180 g/mol. The molecule has 2 N–H and O–H groups in total. The molecular formula is C10H16N2S. The van der Waals surface area contributed by atoms with Crippen molar-refractivity contribution in [1.29, 1.82) is 0 Å². The van der Waals surface area contributed by atoms with Gasteiger partial charge in [0.2, 0.25) is 0 Å². The summed E-state index contributed by atoms with van der Waals surface area (Å²) < 4.78 is 0. The van der Waals surface area contributed by atoms with Gasteiger partial charge >= 0.3 is 0 Å². The van der Waals surface area contributed by atoms with Crippen molar-refractivity contribution in [3.8, 4) is 0 Å². The maximum absolute atomic E-state index is 5.57. The Hall–Kier alpha value is -0.700. The molecule has 2 nitrogen and oxygen atoms in total. The summed E-state index contributed by atoms with van der Waals surface area (Å²) in [5.74, 6) is 2.47. The first-order valence-corrected chi connectivity index (χ1v) is 5.56. The van der Waals surface area contributed by atoms with E-state index < -0.39 is 0 Å². The first kappa shape index (κ1) is 10.4. The lowest BCUT2D eigenvalue weighted by atomic mass is 10.2. The summed E-state index contributed by atoms with van der Waals surface area (Å²) in [5.41, 5.74) is 5.57. The van der Waals surface area contributed by atoms with Crippen molar-refractivity contribution in [2.45, 2.75) is 25.3 Å². The van der Waals surface area contributed by atoms with Gasteiger partial charge in [-0.1, -0.05) is 26.3 Å². The Balaban J connectivity index is 2.45. The second kappa shape index (κ2) is 5.12. The highest BCUT2D eigenvalue weighted by atomic mass is 32.2. The summed E-state index contributed by atoms with van der Waals surface area (Å²) in [6.45, 7) is 4.46. The Morgan fingerprint density at radius 3 is 2.92 bits per heavy atom. The summed E-state index contributed by atoms with van der Waals surface area (Å²) >= 11 is 1.78. The van der Waals surface area contributed by atoms with Gasteiger partial charge in [0.05, 0.1) is 5.03 Å². The highest BCUT2D eigenvalue weighted by molar-refractivity contribution is 7.99. The van der Waals surface area contributed by atoms with Crippen LogP contribution in [0, 0.1) is 5.92 Å². The van der Waals surface area contributed by atoms with Crippen LogP contribution in [0.4, 0.5) is 5.82 Å². The van der Waals surface area contributed by atoms with Gasteiger partial charge in [0.15, 0.2) is 0 Å². The second-order valence-electron chi connectivity index (χ2n) is 3.23. The standard InChI is InChI=1S/C10H16N2S/c1-3-8(2)7-13-10-6-4-5-9(11)12-10/h4-6,8H,3,7H2,1-2H3,(H2,11,12). The number of nitrogens with two attached hydrogens (primary N) is 1. The number of thioether (sulfide) groups is 1. The van der Waals surface area contributed by atoms with Gasteiger partial charge in [0.1, 0.15) is 5.82 Å². The fourth-order valence-corrected chi connectivity index (χ4v) is 1.89. The number of rotatable bonds is 4. The van der Waals surface area contributed by atoms with Crippen molar-refractivity contribution in [3.05, 3.63) is 18.2 Å². The van der Waals surface area contributed by atoms with Crippen LogP contribution in [0.5, 0.6) is 0 Å². The van der Waals surface area contributed by atoms with Crippen molar-refractivity contribution in [3.63, 3.8) is 0 Å². The lowest BCUT2D eigenvalue weighted by Crippen LogP contribution is -1.96.